The lowest BCUT2D eigenvalue weighted by Crippen LogP contribution is -2.20. The first-order chi connectivity index (χ1) is 14.7. The zero-order chi connectivity index (χ0) is 23.0. The highest BCUT2D eigenvalue weighted by molar-refractivity contribution is 5.47. The zero-order valence-corrected chi connectivity index (χ0v) is 21.2. The second-order valence-electron chi connectivity index (χ2n) is 9.73. The molecule has 0 aliphatic rings. The highest BCUT2D eigenvalue weighted by Crippen LogP contribution is 2.36. The molecular weight excluding hydrogens is 380 g/mol. The first-order valence-corrected chi connectivity index (χ1v) is 12.2. The number of hydrogen-bond donors (Lipinski definition) is 0. The predicted octanol–water partition coefficient (Wildman–Crippen LogP) is 8.54. The van der Waals surface area contributed by atoms with Gasteiger partial charge < -0.3 is 9.47 Å². The van der Waals surface area contributed by atoms with E-state index in [1.165, 1.54) is 47.9 Å². The van der Waals surface area contributed by atoms with Gasteiger partial charge in [-0.05, 0) is 74.9 Å². The number of unbranched alkanes of at least 4 members (excludes halogenated alkanes) is 2. The Labute approximate surface area is 191 Å². The largest absolute Gasteiger partial charge is 0.490 e. The fourth-order valence-electron chi connectivity index (χ4n) is 4.04. The van der Waals surface area contributed by atoms with Crippen molar-refractivity contribution in [3.05, 3.63) is 58.7 Å². The number of hydrogen-bond acceptors (Lipinski definition) is 2. The third kappa shape index (κ3) is 7.02. The Bertz CT molecular complexity index is 754. The van der Waals surface area contributed by atoms with Crippen LogP contribution in [0.15, 0.2) is 36.4 Å². The van der Waals surface area contributed by atoms with E-state index < -0.39 is 0 Å². The molecule has 0 amide bonds. The van der Waals surface area contributed by atoms with Crippen molar-refractivity contribution in [3.8, 4) is 11.5 Å². The van der Waals surface area contributed by atoms with Gasteiger partial charge >= 0.3 is 0 Å². The van der Waals surface area contributed by atoms with Gasteiger partial charge in [-0.2, -0.15) is 0 Å². The van der Waals surface area contributed by atoms with Gasteiger partial charge in [0.05, 0.1) is 12.2 Å². The number of aryl methyl sites for hydroxylation is 2. The van der Waals surface area contributed by atoms with Gasteiger partial charge in [0.2, 0.25) is 0 Å². The average molecular weight is 425 g/mol. The molecule has 0 heterocycles. The maximum Gasteiger partial charge on any atom is 0.122 e. The Balaban J connectivity index is 2.17. The smallest absolute Gasteiger partial charge is 0.122 e. The van der Waals surface area contributed by atoms with E-state index in [4.69, 9.17) is 9.47 Å². The van der Waals surface area contributed by atoms with Crippen molar-refractivity contribution in [1.29, 1.82) is 0 Å². The van der Waals surface area contributed by atoms with Crippen LogP contribution in [-0.4, -0.2) is 12.2 Å². The minimum Gasteiger partial charge on any atom is -0.490 e. The van der Waals surface area contributed by atoms with E-state index in [-0.39, 0.29) is 17.6 Å². The number of ether oxygens (including phenoxy) is 2. The van der Waals surface area contributed by atoms with Crippen molar-refractivity contribution in [2.75, 3.05) is 0 Å². The Morgan fingerprint density at radius 3 is 1.42 bits per heavy atom. The van der Waals surface area contributed by atoms with Crippen LogP contribution in [0.3, 0.4) is 0 Å². The molecule has 0 aliphatic heterocycles. The third-order valence-electron chi connectivity index (χ3n) is 6.38. The summed E-state index contributed by atoms with van der Waals surface area (Å²) in [5.41, 5.74) is 4.94. The molecule has 31 heavy (non-hydrogen) atoms. The minimum absolute atomic E-state index is 0.0891. The third-order valence-corrected chi connectivity index (χ3v) is 6.38. The molecule has 2 aromatic carbocycles. The molecule has 2 rings (SSSR count). The maximum atomic E-state index is 6.20. The van der Waals surface area contributed by atoms with Crippen molar-refractivity contribution in [1.82, 2.24) is 0 Å². The second kappa shape index (κ2) is 11.6. The van der Waals surface area contributed by atoms with Gasteiger partial charge in [0.25, 0.3) is 0 Å². The van der Waals surface area contributed by atoms with Gasteiger partial charge in [0.15, 0.2) is 0 Å². The lowest BCUT2D eigenvalue weighted by Gasteiger charge is -2.28. The van der Waals surface area contributed by atoms with Crippen LogP contribution in [-0.2, 0) is 5.41 Å². The molecule has 0 aromatic heterocycles. The lowest BCUT2D eigenvalue weighted by molar-refractivity contribution is 0.206. The summed E-state index contributed by atoms with van der Waals surface area (Å²) in [6.45, 7) is 17.7. The molecule has 0 saturated heterocycles. The van der Waals surface area contributed by atoms with Crippen LogP contribution in [0.2, 0.25) is 0 Å². The number of rotatable bonds is 12. The maximum absolute atomic E-state index is 6.20. The SMILES string of the molecule is CCCCC(C)Oc1ccc(C(C)(C)c2ccc(OC(C)CCCC)c(C)c2)cc1C. The predicted molar refractivity (Wildman–Crippen MR) is 134 cm³/mol. The van der Waals surface area contributed by atoms with E-state index in [9.17, 15) is 0 Å². The van der Waals surface area contributed by atoms with Crippen LogP contribution >= 0.6 is 0 Å². The molecule has 2 unspecified atom stereocenters. The Hall–Kier alpha value is -1.96. The van der Waals surface area contributed by atoms with Crippen molar-refractivity contribution >= 4 is 0 Å². The van der Waals surface area contributed by atoms with Crippen LogP contribution in [0.5, 0.6) is 11.5 Å². The Kier molecular flexibility index (Phi) is 9.47. The average Bonchev–Trinajstić information content (AvgIpc) is 2.73. The summed E-state index contributed by atoms with van der Waals surface area (Å²) >= 11 is 0. The zero-order valence-electron chi connectivity index (χ0n) is 21.2. The van der Waals surface area contributed by atoms with Crippen molar-refractivity contribution in [3.63, 3.8) is 0 Å². The number of benzene rings is 2. The molecule has 0 bridgehead atoms. The quantitative estimate of drug-likeness (QED) is 0.340. The summed E-state index contributed by atoms with van der Waals surface area (Å²) in [6, 6.07) is 13.3. The second-order valence-corrected chi connectivity index (χ2v) is 9.73. The van der Waals surface area contributed by atoms with Crippen LogP contribution in [0.25, 0.3) is 0 Å². The van der Waals surface area contributed by atoms with Crippen molar-refractivity contribution in [2.24, 2.45) is 0 Å². The van der Waals surface area contributed by atoms with Gasteiger partial charge in [-0.15, -0.1) is 0 Å². The monoisotopic (exact) mass is 424 g/mol. The molecule has 172 valence electrons. The normalized spacial score (nSPS) is 13.7. The van der Waals surface area contributed by atoms with E-state index >= 15 is 0 Å². The summed E-state index contributed by atoms with van der Waals surface area (Å²) in [5.74, 6) is 2.01. The first kappa shape index (κ1) is 25.3. The molecule has 0 radical (unpaired) electrons. The molecule has 0 saturated carbocycles. The molecule has 0 N–H and O–H groups in total. The fourth-order valence-corrected chi connectivity index (χ4v) is 4.04. The summed E-state index contributed by atoms with van der Waals surface area (Å²) in [6.07, 6.45) is 7.56. The first-order valence-electron chi connectivity index (χ1n) is 12.2. The molecule has 2 heteroatoms. The fraction of sp³-hybridized carbons (Fsp3) is 0.586. The Morgan fingerprint density at radius 1 is 0.710 bits per heavy atom. The van der Waals surface area contributed by atoms with Crippen LogP contribution in [0.1, 0.15) is 102 Å². The van der Waals surface area contributed by atoms with E-state index in [1.807, 2.05) is 0 Å². The molecule has 2 atom stereocenters. The summed E-state index contributed by atoms with van der Waals surface area (Å²) in [4.78, 5) is 0. The lowest BCUT2D eigenvalue weighted by atomic mass is 9.77. The Morgan fingerprint density at radius 2 is 1.10 bits per heavy atom. The standard InChI is InChI=1S/C29H44O2/c1-9-11-13-23(5)30-27-17-15-25(19-21(27)3)29(7,8)26-16-18-28(22(4)20-26)31-24(6)14-12-10-2/h15-20,23-24H,9-14H2,1-8H3. The van der Waals surface area contributed by atoms with Gasteiger partial charge in [-0.25, -0.2) is 0 Å². The summed E-state index contributed by atoms with van der Waals surface area (Å²) in [5, 5.41) is 0. The van der Waals surface area contributed by atoms with Gasteiger partial charge in [0.1, 0.15) is 11.5 Å². The van der Waals surface area contributed by atoms with E-state index in [1.54, 1.807) is 0 Å². The molecule has 0 aliphatic carbocycles. The molecular formula is C29H44O2. The highest BCUT2D eigenvalue weighted by Gasteiger charge is 2.25. The highest BCUT2D eigenvalue weighted by atomic mass is 16.5. The van der Waals surface area contributed by atoms with E-state index in [0.717, 1.165) is 24.3 Å². The topological polar surface area (TPSA) is 18.5 Å². The minimum atomic E-state index is -0.0891. The van der Waals surface area contributed by atoms with E-state index in [0.29, 0.717) is 0 Å². The molecule has 2 nitrogen and oxygen atoms in total. The van der Waals surface area contributed by atoms with Crippen molar-refractivity contribution in [2.45, 2.75) is 112 Å². The van der Waals surface area contributed by atoms with Gasteiger partial charge in [-0.1, -0.05) is 77.6 Å². The van der Waals surface area contributed by atoms with Crippen molar-refractivity contribution < 1.29 is 9.47 Å². The summed E-state index contributed by atoms with van der Waals surface area (Å²) in [7, 11) is 0. The summed E-state index contributed by atoms with van der Waals surface area (Å²) < 4.78 is 12.4. The van der Waals surface area contributed by atoms with Crippen LogP contribution in [0.4, 0.5) is 0 Å². The van der Waals surface area contributed by atoms with E-state index in [2.05, 4.69) is 91.8 Å². The molecule has 0 spiro atoms. The molecule has 2 aromatic rings. The van der Waals surface area contributed by atoms with Gasteiger partial charge in [0, 0.05) is 5.41 Å². The molecule has 0 fully saturated rings. The van der Waals surface area contributed by atoms with Crippen LogP contribution in [0, 0.1) is 13.8 Å². The van der Waals surface area contributed by atoms with Crippen LogP contribution < -0.4 is 9.47 Å². The van der Waals surface area contributed by atoms with Gasteiger partial charge in [-0.3, -0.25) is 0 Å².